The van der Waals surface area contributed by atoms with E-state index >= 15 is 0 Å². The Bertz CT molecular complexity index is 346. The van der Waals surface area contributed by atoms with E-state index in [9.17, 15) is 0 Å². The predicted molar refractivity (Wildman–Crippen MR) is 73.0 cm³/mol. The molecule has 16 heavy (non-hydrogen) atoms. The molecule has 0 radical (unpaired) electrons. The summed E-state index contributed by atoms with van der Waals surface area (Å²) in [5.74, 6) is 0.814. The second-order valence-electron chi connectivity index (χ2n) is 4.51. The highest BCUT2D eigenvalue weighted by molar-refractivity contribution is 9.10. The van der Waals surface area contributed by atoms with Crippen LogP contribution in [0.4, 0.5) is 5.69 Å². The minimum Gasteiger partial charge on any atom is -0.384 e. The average molecular weight is 283 g/mol. The number of nitrogens with one attached hydrogen (secondary N) is 2. The zero-order chi connectivity index (χ0) is 11.4. The van der Waals surface area contributed by atoms with Crippen molar-refractivity contribution in [2.75, 3.05) is 25.0 Å². The molecule has 0 unspecified atom stereocenters. The monoisotopic (exact) mass is 282 g/mol. The molecule has 0 aromatic heterocycles. The fraction of sp³-hybridized carbons (Fsp3) is 0.538. The van der Waals surface area contributed by atoms with Gasteiger partial charge in [-0.15, -0.1) is 0 Å². The maximum Gasteiger partial charge on any atom is 0.0487 e. The van der Waals surface area contributed by atoms with Crippen molar-refractivity contribution in [2.45, 2.75) is 19.8 Å². The first-order valence-electron chi connectivity index (χ1n) is 5.97. The topological polar surface area (TPSA) is 24.1 Å². The zero-order valence-electron chi connectivity index (χ0n) is 9.72. The van der Waals surface area contributed by atoms with Gasteiger partial charge in [0.25, 0.3) is 0 Å². The summed E-state index contributed by atoms with van der Waals surface area (Å²) in [6.45, 7) is 5.55. The molecular formula is C13H19BrN2. The highest BCUT2D eigenvalue weighted by Crippen LogP contribution is 2.26. The Morgan fingerprint density at radius 1 is 1.38 bits per heavy atom. The van der Waals surface area contributed by atoms with Crippen LogP contribution in [0.3, 0.4) is 0 Å². The summed E-state index contributed by atoms with van der Waals surface area (Å²) in [4.78, 5) is 0. The maximum atomic E-state index is 3.63. The van der Waals surface area contributed by atoms with Crippen molar-refractivity contribution in [1.29, 1.82) is 0 Å². The van der Waals surface area contributed by atoms with Crippen molar-refractivity contribution in [3.05, 3.63) is 28.2 Å². The van der Waals surface area contributed by atoms with Crippen LogP contribution in [0, 0.1) is 12.8 Å². The molecule has 1 fully saturated rings. The molecule has 2 nitrogen and oxygen atoms in total. The van der Waals surface area contributed by atoms with Crippen molar-refractivity contribution in [2.24, 2.45) is 5.92 Å². The van der Waals surface area contributed by atoms with E-state index in [2.05, 4.69) is 51.7 Å². The van der Waals surface area contributed by atoms with Gasteiger partial charge < -0.3 is 10.6 Å². The third kappa shape index (κ3) is 2.98. The largest absolute Gasteiger partial charge is 0.384 e. The third-order valence-corrected chi connectivity index (χ3v) is 4.28. The molecule has 2 rings (SSSR count). The Labute approximate surface area is 106 Å². The van der Waals surface area contributed by atoms with E-state index in [1.165, 1.54) is 41.7 Å². The van der Waals surface area contributed by atoms with Crippen LogP contribution in [-0.4, -0.2) is 19.6 Å². The van der Waals surface area contributed by atoms with E-state index in [0.717, 1.165) is 12.5 Å². The number of hydrogen-bond donors (Lipinski definition) is 2. The molecule has 0 atom stereocenters. The molecule has 0 spiro atoms. The van der Waals surface area contributed by atoms with Crippen LogP contribution in [0.25, 0.3) is 0 Å². The minimum absolute atomic E-state index is 0.814. The van der Waals surface area contributed by atoms with Crippen LogP contribution in [0.15, 0.2) is 22.7 Å². The molecule has 1 aromatic carbocycles. The van der Waals surface area contributed by atoms with Crippen LogP contribution in [0.1, 0.15) is 18.4 Å². The molecule has 3 heteroatoms. The molecular weight excluding hydrogens is 264 g/mol. The first-order chi connectivity index (χ1) is 7.77. The molecule has 1 aliphatic rings. The molecule has 1 heterocycles. The van der Waals surface area contributed by atoms with E-state index in [1.807, 2.05) is 0 Å². The minimum atomic E-state index is 0.814. The summed E-state index contributed by atoms with van der Waals surface area (Å²) < 4.78 is 1.20. The van der Waals surface area contributed by atoms with Crippen molar-refractivity contribution in [3.63, 3.8) is 0 Å². The highest BCUT2D eigenvalue weighted by Gasteiger charge is 2.13. The number of piperidine rings is 1. The smallest absolute Gasteiger partial charge is 0.0487 e. The predicted octanol–water partition coefficient (Wildman–Crippen LogP) is 3.17. The van der Waals surface area contributed by atoms with Gasteiger partial charge in [0.1, 0.15) is 0 Å². The molecule has 1 saturated heterocycles. The number of halogens is 1. The third-order valence-electron chi connectivity index (χ3n) is 3.23. The summed E-state index contributed by atoms with van der Waals surface area (Å²) in [7, 11) is 0. The zero-order valence-corrected chi connectivity index (χ0v) is 11.3. The maximum absolute atomic E-state index is 3.63. The van der Waals surface area contributed by atoms with Crippen LogP contribution in [-0.2, 0) is 0 Å². The fourth-order valence-electron chi connectivity index (χ4n) is 2.12. The molecule has 88 valence electrons. The van der Waals surface area contributed by atoms with Gasteiger partial charge in [0.2, 0.25) is 0 Å². The van der Waals surface area contributed by atoms with Gasteiger partial charge >= 0.3 is 0 Å². The van der Waals surface area contributed by atoms with Crippen molar-refractivity contribution < 1.29 is 0 Å². The Balaban J connectivity index is 1.91. The molecule has 2 N–H and O–H groups in total. The van der Waals surface area contributed by atoms with Crippen LogP contribution >= 0.6 is 15.9 Å². The highest BCUT2D eigenvalue weighted by atomic mass is 79.9. The molecule has 0 saturated carbocycles. The lowest BCUT2D eigenvalue weighted by Gasteiger charge is -2.23. The van der Waals surface area contributed by atoms with Gasteiger partial charge in [-0.05, 0) is 66.3 Å². The Morgan fingerprint density at radius 2 is 2.12 bits per heavy atom. The molecule has 1 aromatic rings. The Morgan fingerprint density at radius 3 is 2.88 bits per heavy atom. The first-order valence-corrected chi connectivity index (χ1v) is 6.76. The lowest BCUT2D eigenvalue weighted by molar-refractivity contribution is 0.390. The van der Waals surface area contributed by atoms with Gasteiger partial charge in [-0.1, -0.05) is 12.1 Å². The van der Waals surface area contributed by atoms with Gasteiger partial charge in [-0.3, -0.25) is 0 Å². The number of benzene rings is 1. The van der Waals surface area contributed by atoms with Crippen LogP contribution in [0.2, 0.25) is 0 Å². The summed E-state index contributed by atoms with van der Waals surface area (Å²) in [6, 6.07) is 6.36. The Hall–Kier alpha value is -0.540. The normalized spacial score (nSPS) is 17.4. The van der Waals surface area contributed by atoms with Crippen molar-refractivity contribution >= 4 is 21.6 Å². The number of hydrogen-bond acceptors (Lipinski definition) is 2. The number of aryl methyl sites for hydroxylation is 1. The van der Waals surface area contributed by atoms with Gasteiger partial charge in [-0.25, -0.2) is 0 Å². The SMILES string of the molecule is Cc1cccc(NCC2CCNCC2)c1Br. The average Bonchev–Trinajstić information content (AvgIpc) is 2.32. The van der Waals surface area contributed by atoms with Crippen LogP contribution in [0.5, 0.6) is 0 Å². The van der Waals surface area contributed by atoms with Gasteiger partial charge in [0.05, 0.1) is 0 Å². The Kier molecular flexibility index (Phi) is 4.24. The summed E-state index contributed by atoms with van der Waals surface area (Å²) >= 11 is 3.63. The summed E-state index contributed by atoms with van der Waals surface area (Å²) in [5, 5.41) is 6.95. The molecule has 1 aliphatic heterocycles. The lowest BCUT2D eigenvalue weighted by Crippen LogP contribution is -2.31. The van der Waals surface area contributed by atoms with Gasteiger partial charge in [0.15, 0.2) is 0 Å². The standard InChI is InChI=1S/C13H19BrN2/c1-10-3-2-4-12(13(10)14)16-9-11-5-7-15-8-6-11/h2-4,11,15-16H,5-9H2,1H3. The van der Waals surface area contributed by atoms with Crippen LogP contribution < -0.4 is 10.6 Å². The van der Waals surface area contributed by atoms with E-state index < -0.39 is 0 Å². The number of anilines is 1. The van der Waals surface area contributed by atoms with E-state index in [1.54, 1.807) is 0 Å². The molecule has 0 aliphatic carbocycles. The van der Waals surface area contributed by atoms with E-state index in [-0.39, 0.29) is 0 Å². The summed E-state index contributed by atoms with van der Waals surface area (Å²) in [6.07, 6.45) is 2.58. The molecule has 0 amide bonds. The molecule has 0 bridgehead atoms. The van der Waals surface area contributed by atoms with Crippen molar-refractivity contribution in [3.8, 4) is 0 Å². The first kappa shape index (κ1) is 11.9. The lowest BCUT2D eigenvalue weighted by atomic mass is 9.98. The van der Waals surface area contributed by atoms with Crippen molar-refractivity contribution in [1.82, 2.24) is 5.32 Å². The van der Waals surface area contributed by atoms with E-state index in [4.69, 9.17) is 0 Å². The second kappa shape index (κ2) is 5.69. The number of rotatable bonds is 3. The fourth-order valence-corrected chi connectivity index (χ4v) is 2.53. The second-order valence-corrected chi connectivity index (χ2v) is 5.30. The summed E-state index contributed by atoms with van der Waals surface area (Å²) in [5.41, 5.74) is 2.51. The van der Waals surface area contributed by atoms with E-state index in [0.29, 0.717) is 0 Å². The van der Waals surface area contributed by atoms with Gasteiger partial charge in [-0.2, -0.15) is 0 Å². The van der Waals surface area contributed by atoms with Gasteiger partial charge in [0, 0.05) is 16.7 Å². The quantitative estimate of drug-likeness (QED) is 0.890.